The molecule has 18 heavy (non-hydrogen) atoms. The van der Waals surface area contributed by atoms with Crippen molar-refractivity contribution in [2.45, 2.75) is 6.42 Å². The number of carbonyl (C=O) groups is 1. The summed E-state index contributed by atoms with van der Waals surface area (Å²) < 4.78 is 13.1. The fourth-order valence-corrected chi connectivity index (χ4v) is 1.72. The van der Waals surface area contributed by atoms with Gasteiger partial charge in [0.15, 0.2) is 5.78 Å². The summed E-state index contributed by atoms with van der Waals surface area (Å²) in [5, 5.41) is 9.30. The predicted molar refractivity (Wildman–Crippen MR) is 67.0 cm³/mol. The number of aromatic hydroxyl groups is 1. The van der Waals surface area contributed by atoms with E-state index in [0.717, 1.165) is 6.07 Å². The van der Waals surface area contributed by atoms with Gasteiger partial charge in [-0.15, -0.1) is 0 Å². The van der Waals surface area contributed by atoms with Crippen LogP contribution in [0.25, 0.3) is 0 Å². The molecule has 2 rings (SSSR count). The van der Waals surface area contributed by atoms with E-state index in [1.165, 1.54) is 24.3 Å². The summed E-state index contributed by atoms with van der Waals surface area (Å²) in [4.78, 5) is 12.0. The highest BCUT2D eigenvalue weighted by Gasteiger charge is 2.11. The molecule has 0 aliphatic heterocycles. The summed E-state index contributed by atoms with van der Waals surface area (Å²) in [6.45, 7) is 0. The molecule has 0 bridgehead atoms. The van der Waals surface area contributed by atoms with E-state index in [1.807, 2.05) is 0 Å². The Morgan fingerprint density at radius 1 is 1.22 bits per heavy atom. The Balaban J connectivity index is 2.24. The highest BCUT2D eigenvalue weighted by molar-refractivity contribution is 6.01. The number of nitrogen functional groups attached to an aromatic ring is 1. The monoisotopic (exact) mass is 245 g/mol. The Morgan fingerprint density at radius 2 is 2.00 bits per heavy atom. The maximum absolute atomic E-state index is 13.1. The molecule has 2 aromatic carbocycles. The number of nitrogens with two attached hydrogens (primary N) is 1. The topological polar surface area (TPSA) is 63.3 Å². The third kappa shape index (κ3) is 2.66. The van der Waals surface area contributed by atoms with E-state index in [0.29, 0.717) is 5.56 Å². The van der Waals surface area contributed by atoms with Crippen LogP contribution in [-0.2, 0) is 6.42 Å². The largest absolute Gasteiger partial charge is 0.508 e. The number of carbonyl (C=O) groups excluding carboxylic acids is 1. The molecule has 4 heteroatoms. The van der Waals surface area contributed by atoms with Gasteiger partial charge in [0.1, 0.15) is 11.6 Å². The number of halogens is 1. The van der Waals surface area contributed by atoms with Crippen LogP contribution in [0, 0.1) is 5.82 Å². The van der Waals surface area contributed by atoms with Crippen LogP contribution >= 0.6 is 0 Å². The zero-order valence-electron chi connectivity index (χ0n) is 9.56. The SMILES string of the molecule is Nc1ccc(F)cc1C(=O)Cc1cccc(O)c1. The predicted octanol–water partition coefficient (Wildman–Crippen LogP) is 2.54. The van der Waals surface area contributed by atoms with Crippen LogP contribution in [0.3, 0.4) is 0 Å². The van der Waals surface area contributed by atoms with Crippen molar-refractivity contribution in [2.75, 3.05) is 5.73 Å². The summed E-state index contributed by atoms with van der Waals surface area (Å²) in [7, 11) is 0. The zero-order chi connectivity index (χ0) is 13.1. The van der Waals surface area contributed by atoms with E-state index < -0.39 is 5.82 Å². The van der Waals surface area contributed by atoms with Gasteiger partial charge in [0.05, 0.1) is 0 Å². The van der Waals surface area contributed by atoms with E-state index in [-0.39, 0.29) is 29.2 Å². The second-order valence-electron chi connectivity index (χ2n) is 4.00. The summed E-state index contributed by atoms with van der Waals surface area (Å²) in [6, 6.07) is 10.1. The molecule has 0 spiro atoms. The van der Waals surface area contributed by atoms with Crippen molar-refractivity contribution in [1.29, 1.82) is 0 Å². The maximum Gasteiger partial charge on any atom is 0.169 e. The molecule has 0 aromatic heterocycles. The van der Waals surface area contributed by atoms with Crippen LogP contribution in [0.5, 0.6) is 5.75 Å². The van der Waals surface area contributed by atoms with Crippen LogP contribution in [0.4, 0.5) is 10.1 Å². The van der Waals surface area contributed by atoms with Crippen molar-refractivity contribution in [3.63, 3.8) is 0 Å². The Kier molecular flexibility index (Phi) is 3.28. The standard InChI is InChI=1S/C14H12FNO2/c15-10-4-5-13(16)12(8-10)14(18)7-9-2-1-3-11(17)6-9/h1-6,8,17H,7,16H2. The molecule has 0 unspecified atom stereocenters. The lowest BCUT2D eigenvalue weighted by Gasteiger charge is -2.05. The lowest BCUT2D eigenvalue weighted by molar-refractivity contribution is 0.0993. The van der Waals surface area contributed by atoms with Crippen LogP contribution in [0.1, 0.15) is 15.9 Å². The fraction of sp³-hybridized carbons (Fsp3) is 0.0714. The van der Waals surface area contributed by atoms with Crippen molar-refractivity contribution in [3.8, 4) is 5.75 Å². The molecule has 0 saturated carbocycles. The first-order valence-corrected chi connectivity index (χ1v) is 5.42. The minimum absolute atomic E-state index is 0.0715. The van der Waals surface area contributed by atoms with Gasteiger partial charge >= 0.3 is 0 Å². The van der Waals surface area contributed by atoms with Crippen molar-refractivity contribution in [2.24, 2.45) is 0 Å². The molecule has 0 heterocycles. The van der Waals surface area contributed by atoms with Gasteiger partial charge in [0.25, 0.3) is 0 Å². The molecule has 0 radical (unpaired) electrons. The number of phenolic OH excluding ortho intramolecular Hbond substituents is 1. The molecular weight excluding hydrogens is 233 g/mol. The van der Waals surface area contributed by atoms with Gasteiger partial charge in [0, 0.05) is 17.7 Å². The molecule has 0 atom stereocenters. The molecule has 3 N–H and O–H groups in total. The second kappa shape index (κ2) is 4.87. The fourth-order valence-electron chi connectivity index (χ4n) is 1.72. The summed E-state index contributed by atoms with van der Waals surface area (Å²) in [5.74, 6) is -0.687. The number of ketones is 1. The minimum Gasteiger partial charge on any atom is -0.508 e. The van der Waals surface area contributed by atoms with Crippen LogP contribution in [0.2, 0.25) is 0 Å². The smallest absolute Gasteiger partial charge is 0.169 e. The number of Topliss-reactive ketones (excluding diaryl/α,β-unsaturated/α-hetero) is 1. The van der Waals surface area contributed by atoms with Crippen molar-refractivity contribution >= 4 is 11.5 Å². The highest BCUT2D eigenvalue weighted by atomic mass is 19.1. The van der Waals surface area contributed by atoms with Gasteiger partial charge in [-0.05, 0) is 35.9 Å². The van der Waals surface area contributed by atoms with Crippen LogP contribution < -0.4 is 5.73 Å². The van der Waals surface area contributed by atoms with Gasteiger partial charge in [0.2, 0.25) is 0 Å². The molecule has 92 valence electrons. The first-order valence-electron chi connectivity index (χ1n) is 5.42. The Bertz CT molecular complexity index is 596. The molecule has 0 saturated heterocycles. The second-order valence-corrected chi connectivity index (χ2v) is 4.00. The molecular formula is C14H12FNO2. The number of phenols is 1. The third-order valence-electron chi connectivity index (χ3n) is 2.59. The number of benzene rings is 2. The summed E-state index contributed by atoms with van der Waals surface area (Å²) >= 11 is 0. The lowest BCUT2D eigenvalue weighted by atomic mass is 10.0. The minimum atomic E-state index is -0.497. The van der Waals surface area contributed by atoms with E-state index in [9.17, 15) is 14.3 Å². The van der Waals surface area contributed by atoms with Gasteiger partial charge in [-0.1, -0.05) is 12.1 Å². The lowest BCUT2D eigenvalue weighted by Crippen LogP contribution is -2.07. The van der Waals surface area contributed by atoms with Gasteiger partial charge < -0.3 is 10.8 Å². The Labute approximate surface area is 104 Å². The number of hydrogen-bond donors (Lipinski definition) is 2. The van der Waals surface area contributed by atoms with Gasteiger partial charge in [-0.25, -0.2) is 4.39 Å². The molecule has 0 fully saturated rings. The Hall–Kier alpha value is -2.36. The van der Waals surface area contributed by atoms with Gasteiger partial charge in [-0.2, -0.15) is 0 Å². The Morgan fingerprint density at radius 3 is 2.72 bits per heavy atom. The number of hydrogen-bond acceptors (Lipinski definition) is 3. The highest BCUT2D eigenvalue weighted by Crippen LogP contribution is 2.18. The summed E-state index contributed by atoms with van der Waals surface area (Å²) in [5.41, 5.74) is 6.71. The quantitative estimate of drug-likeness (QED) is 0.645. The third-order valence-corrected chi connectivity index (χ3v) is 2.59. The molecule has 2 aromatic rings. The molecule has 3 nitrogen and oxygen atoms in total. The number of anilines is 1. The number of rotatable bonds is 3. The van der Waals surface area contributed by atoms with Crippen LogP contribution in [-0.4, -0.2) is 10.9 Å². The molecule has 0 aliphatic carbocycles. The molecule has 0 aliphatic rings. The van der Waals surface area contributed by atoms with E-state index >= 15 is 0 Å². The molecule has 0 amide bonds. The average Bonchev–Trinajstić information content (AvgIpc) is 2.32. The van der Waals surface area contributed by atoms with E-state index in [1.54, 1.807) is 12.1 Å². The van der Waals surface area contributed by atoms with Crippen LogP contribution in [0.15, 0.2) is 42.5 Å². The first-order chi connectivity index (χ1) is 8.56. The van der Waals surface area contributed by atoms with E-state index in [2.05, 4.69) is 0 Å². The summed E-state index contributed by atoms with van der Waals surface area (Å²) in [6.07, 6.45) is 0.0715. The van der Waals surface area contributed by atoms with E-state index in [4.69, 9.17) is 5.73 Å². The van der Waals surface area contributed by atoms with Crippen molar-refractivity contribution in [3.05, 3.63) is 59.4 Å². The zero-order valence-corrected chi connectivity index (χ0v) is 9.56. The first kappa shape index (κ1) is 12.1. The van der Waals surface area contributed by atoms with Crippen molar-refractivity contribution < 1.29 is 14.3 Å². The maximum atomic E-state index is 13.1. The van der Waals surface area contributed by atoms with Gasteiger partial charge in [-0.3, -0.25) is 4.79 Å². The normalized spacial score (nSPS) is 10.3. The average molecular weight is 245 g/mol. The van der Waals surface area contributed by atoms with Crippen molar-refractivity contribution in [1.82, 2.24) is 0 Å².